The standard InChI is InChI=1S/C11H20N2O/c1-2-9-8-11(14)13(12-9)10-6-4-3-5-7-10/h9-10,12H,2-8H2,1H3. The minimum absolute atomic E-state index is 0.309. The van der Waals surface area contributed by atoms with E-state index in [0.717, 1.165) is 6.42 Å². The van der Waals surface area contributed by atoms with Crippen molar-refractivity contribution in [3.8, 4) is 0 Å². The normalized spacial score (nSPS) is 29.9. The minimum Gasteiger partial charge on any atom is -0.275 e. The van der Waals surface area contributed by atoms with Gasteiger partial charge >= 0.3 is 0 Å². The summed E-state index contributed by atoms with van der Waals surface area (Å²) in [7, 11) is 0. The van der Waals surface area contributed by atoms with E-state index in [9.17, 15) is 4.79 Å². The summed E-state index contributed by atoms with van der Waals surface area (Å²) in [6, 6.07) is 0.872. The second-order valence-corrected chi connectivity index (χ2v) is 4.49. The van der Waals surface area contributed by atoms with Gasteiger partial charge in [-0.1, -0.05) is 26.2 Å². The number of nitrogens with one attached hydrogen (secondary N) is 1. The summed E-state index contributed by atoms with van der Waals surface area (Å²) in [6.07, 6.45) is 8.04. The SMILES string of the molecule is CCC1CC(=O)N(C2CCCCC2)N1. The van der Waals surface area contributed by atoms with Gasteiger partial charge in [0.2, 0.25) is 5.91 Å². The first kappa shape index (κ1) is 9.97. The zero-order valence-corrected chi connectivity index (χ0v) is 8.96. The second-order valence-electron chi connectivity index (χ2n) is 4.49. The van der Waals surface area contributed by atoms with Crippen LogP contribution in [0.1, 0.15) is 51.9 Å². The lowest BCUT2D eigenvalue weighted by Gasteiger charge is -2.31. The molecule has 0 aromatic rings. The van der Waals surface area contributed by atoms with E-state index in [4.69, 9.17) is 0 Å². The van der Waals surface area contributed by atoms with Crippen LogP contribution in [0.3, 0.4) is 0 Å². The molecule has 0 bridgehead atoms. The van der Waals surface area contributed by atoms with E-state index in [1.54, 1.807) is 0 Å². The van der Waals surface area contributed by atoms with E-state index < -0.39 is 0 Å². The molecule has 0 radical (unpaired) electrons. The van der Waals surface area contributed by atoms with Crippen LogP contribution in [0.25, 0.3) is 0 Å². The molecule has 2 aliphatic rings. The minimum atomic E-state index is 0.309. The Bertz CT molecular complexity index is 211. The van der Waals surface area contributed by atoms with Crippen LogP contribution in [-0.4, -0.2) is 23.0 Å². The smallest absolute Gasteiger partial charge is 0.238 e. The van der Waals surface area contributed by atoms with Crippen molar-refractivity contribution in [1.82, 2.24) is 10.4 Å². The molecule has 2 rings (SSSR count). The maximum Gasteiger partial charge on any atom is 0.238 e. The van der Waals surface area contributed by atoms with Crippen molar-refractivity contribution in [3.63, 3.8) is 0 Å². The summed E-state index contributed by atoms with van der Waals surface area (Å²) in [5.41, 5.74) is 3.34. The molecular formula is C11H20N2O. The Labute approximate surface area is 85.8 Å². The fourth-order valence-electron chi connectivity index (χ4n) is 2.51. The molecule has 1 heterocycles. The molecule has 14 heavy (non-hydrogen) atoms. The predicted octanol–water partition coefficient (Wildman–Crippen LogP) is 1.83. The van der Waals surface area contributed by atoms with Gasteiger partial charge in [-0.05, 0) is 19.3 Å². The van der Waals surface area contributed by atoms with Crippen LogP contribution in [0, 0.1) is 0 Å². The third-order valence-electron chi connectivity index (χ3n) is 3.44. The third kappa shape index (κ3) is 1.92. The second kappa shape index (κ2) is 4.30. The molecule has 1 atom stereocenters. The molecular weight excluding hydrogens is 176 g/mol. The van der Waals surface area contributed by atoms with Gasteiger partial charge in [-0.2, -0.15) is 0 Å². The van der Waals surface area contributed by atoms with E-state index >= 15 is 0 Å². The highest BCUT2D eigenvalue weighted by Crippen LogP contribution is 2.25. The Morgan fingerprint density at radius 3 is 2.64 bits per heavy atom. The highest BCUT2D eigenvalue weighted by Gasteiger charge is 2.33. The average molecular weight is 196 g/mol. The van der Waals surface area contributed by atoms with Crippen LogP contribution in [0.5, 0.6) is 0 Å². The van der Waals surface area contributed by atoms with E-state index in [0.29, 0.717) is 24.4 Å². The summed E-state index contributed by atoms with van der Waals surface area (Å²) < 4.78 is 0. The number of rotatable bonds is 2. The zero-order chi connectivity index (χ0) is 9.97. The first-order valence-electron chi connectivity index (χ1n) is 5.89. The van der Waals surface area contributed by atoms with Gasteiger partial charge in [0.25, 0.3) is 0 Å². The number of hydrogen-bond donors (Lipinski definition) is 1. The fourth-order valence-corrected chi connectivity index (χ4v) is 2.51. The van der Waals surface area contributed by atoms with Gasteiger partial charge in [0, 0.05) is 18.5 Å². The molecule has 1 saturated carbocycles. The first-order chi connectivity index (χ1) is 6.81. The molecule has 2 fully saturated rings. The largest absolute Gasteiger partial charge is 0.275 e. The first-order valence-corrected chi connectivity index (χ1v) is 5.89. The van der Waals surface area contributed by atoms with Crippen molar-refractivity contribution in [2.75, 3.05) is 0 Å². The molecule has 1 aliphatic carbocycles. The van der Waals surface area contributed by atoms with E-state index in [2.05, 4.69) is 12.3 Å². The molecule has 1 aliphatic heterocycles. The van der Waals surface area contributed by atoms with Gasteiger partial charge in [-0.3, -0.25) is 9.80 Å². The lowest BCUT2D eigenvalue weighted by molar-refractivity contribution is -0.132. The molecule has 0 aromatic heterocycles. The monoisotopic (exact) mass is 196 g/mol. The topological polar surface area (TPSA) is 32.3 Å². The Morgan fingerprint density at radius 1 is 1.36 bits per heavy atom. The summed E-state index contributed by atoms with van der Waals surface area (Å²) in [5.74, 6) is 0.309. The van der Waals surface area contributed by atoms with Crippen molar-refractivity contribution in [1.29, 1.82) is 0 Å². The zero-order valence-electron chi connectivity index (χ0n) is 8.96. The van der Waals surface area contributed by atoms with Gasteiger partial charge in [-0.25, -0.2) is 5.43 Å². The van der Waals surface area contributed by atoms with Crippen molar-refractivity contribution >= 4 is 5.91 Å². The molecule has 0 spiro atoms. The van der Waals surface area contributed by atoms with Crippen LogP contribution in [0.15, 0.2) is 0 Å². The molecule has 3 nitrogen and oxygen atoms in total. The summed E-state index contributed by atoms with van der Waals surface area (Å²) >= 11 is 0. The lowest BCUT2D eigenvalue weighted by Crippen LogP contribution is -2.45. The maximum absolute atomic E-state index is 11.7. The van der Waals surface area contributed by atoms with Gasteiger partial charge in [0.1, 0.15) is 0 Å². The Kier molecular flexibility index (Phi) is 3.06. The van der Waals surface area contributed by atoms with E-state index in [-0.39, 0.29) is 0 Å². The van der Waals surface area contributed by atoms with Gasteiger partial charge < -0.3 is 0 Å². The molecule has 3 heteroatoms. The van der Waals surface area contributed by atoms with Gasteiger partial charge in [0.15, 0.2) is 0 Å². The van der Waals surface area contributed by atoms with Crippen molar-refractivity contribution in [3.05, 3.63) is 0 Å². The van der Waals surface area contributed by atoms with Crippen LogP contribution in [0.4, 0.5) is 0 Å². The quantitative estimate of drug-likeness (QED) is 0.731. The summed E-state index contributed by atoms with van der Waals surface area (Å²) in [4.78, 5) is 11.7. The molecule has 1 N–H and O–H groups in total. The number of nitrogens with zero attached hydrogens (tertiary/aromatic N) is 1. The number of hydrogen-bond acceptors (Lipinski definition) is 2. The van der Waals surface area contributed by atoms with E-state index in [1.165, 1.54) is 32.1 Å². The average Bonchev–Trinajstić information content (AvgIpc) is 2.61. The molecule has 0 aromatic carbocycles. The third-order valence-corrected chi connectivity index (χ3v) is 3.44. The van der Waals surface area contributed by atoms with Gasteiger partial charge in [0.05, 0.1) is 0 Å². The Morgan fingerprint density at radius 2 is 2.07 bits per heavy atom. The van der Waals surface area contributed by atoms with Crippen molar-refractivity contribution in [2.45, 2.75) is 64.0 Å². The molecule has 1 saturated heterocycles. The number of carbonyl (C=O) groups is 1. The number of carbonyl (C=O) groups excluding carboxylic acids is 1. The van der Waals surface area contributed by atoms with Crippen LogP contribution >= 0.6 is 0 Å². The number of hydrazine groups is 1. The summed E-state index contributed by atoms with van der Waals surface area (Å²) in [5, 5.41) is 1.92. The van der Waals surface area contributed by atoms with Crippen LogP contribution in [-0.2, 0) is 4.79 Å². The Balaban J connectivity index is 1.93. The van der Waals surface area contributed by atoms with Crippen molar-refractivity contribution < 1.29 is 4.79 Å². The number of amides is 1. The fraction of sp³-hybridized carbons (Fsp3) is 0.909. The Hall–Kier alpha value is -0.570. The van der Waals surface area contributed by atoms with Crippen molar-refractivity contribution in [2.24, 2.45) is 0 Å². The van der Waals surface area contributed by atoms with E-state index in [1.807, 2.05) is 5.01 Å². The van der Waals surface area contributed by atoms with Crippen LogP contribution < -0.4 is 5.43 Å². The molecule has 80 valence electrons. The molecule has 1 amide bonds. The highest BCUT2D eigenvalue weighted by molar-refractivity contribution is 5.78. The predicted molar refractivity (Wildman–Crippen MR) is 55.6 cm³/mol. The lowest BCUT2D eigenvalue weighted by atomic mass is 9.95. The molecule has 1 unspecified atom stereocenters. The van der Waals surface area contributed by atoms with Gasteiger partial charge in [-0.15, -0.1) is 0 Å². The summed E-state index contributed by atoms with van der Waals surface area (Å²) in [6.45, 7) is 2.13. The highest BCUT2D eigenvalue weighted by atomic mass is 16.2. The van der Waals surface area contributed by atoms with Crippen LogP contribution in [0.2, 0.25) is 0 Å². The maximum atomic E-state index is 11.7.